The molecule has 4 nitrogen and oxygen atoms in total. The molecule has 3 heterocycles. The highest BCUT2D eigenvalue weighted by Gasteiger charge is 2.34. The molecule has 2 aliphatic rings. The SMILES string of the molecule is CC(C)(C)c1[nH]oc2c(C3CC[C@@H](CN4CCC(C(C)(C)C)CC4)C3)cc3nccc3c12. The zero-order valence-electron chi connectivity index (χ0n) is 20.9. The van der Waals surface area contributed by atoms with Crippen LogP contribution in [0.2, 0.25) is 0 Å². The number of fused-ring (bicyclic) bond motifs is 3. The standard InChI is InChI=1S/C28H41N3O/c1-27(2,3)20-10-13-31(14-11-20)17-18-7-8-19(15-18)22-16-23-21(9-12-29-23)24-25(22)32-30-26(24)28(4,5)6/h9,12,16,18-20,30H,7-8,10-11,13-15,17H2,1-6H3/t18-,19?/m1/s1. The number of likely N-dealkylation sites (tertiary alicyclic amines) is 1. The van der Waals surface area contributed by atoms with Crippen molar-refractivity contribution in [1.29, 1.82) is 0 Å². The van der Waals surface area contributed by atoms with E-state index in [4.69, 9.17) is 4.52 Å². The molecule has 1 aliphatic carbocycles. The van der Waals surface area contributed by atoms with Crippen LogP contribution in [0.3, 0.4) is 0 Å². The predicted molar refractivity (Wildman–Crippen MR) is 133 cm³/mol. The zero-order valence-corrected chi connectivity index (χ0v) is 20.9. The van der Waals surface area contributed by atoms with Crippen molar-refractivity contribution in [2.45, 2.75) is 85.0 Å². The van der Waals surface area contributed by atoms with Gasteiger partial charge in [-0.3, -0.25) is 4.98 Å². The van der Waals surface area contributed by atoms with Crippen molar-refractivity contribution in [3.63, 3.8) is 0 Å². The fourth-order valence-electron chi connectivity index (χ4n) is 6.37. The van der Waals surface area contributed by atoms with Crippen molar-refractivity contribution in [3.8, 4) is 0 Å². The third-order valence-electron chi connectivity index (χ3n) is 8.35. The van der Waals surface area contributed by atoms with Crippen molar-refractivity contribution >= 4 is 21.9 Å². The monoisotopic (exact) mass is 435 g/mol. The van der Waals surface area contributed by atoms with Gasteiger partial charge in [-0.25, -0.2) is 5.16 Å². The zero-order chi connectivity index (χ0) is 22.7. The van der Waals surface area contributed by atoms with E-state index in [0.717, 1.165) is 22.9 Å². The van der Waals surface area contributed by atoms with Gasteiger partial charge in [0.05, 0.1) is 16.6 Å². The summed E-state index contributed by atoms with van der Waals surface area (Å²) in [7, 11) is 0. The lowest BCUT2D eigenvalue weighted by Crippen LogP contribution is -2.40. The molecule has 174 valence electrons. The Bertz CT molecular complexity index is 1090. The second-order valence-corrected chi connectivity index (χ2v) is 12.7. The number of hydrogen-bond acceptors (Lipinski definition) is 3. The van der Waals surface area contributed by atoms with Crippen LogP contribution in [0.1, 0.15) is 90.8 Å². The molecule has 0 amide bonds. The number of piperidine rings is 1. The van der Waals surface area contributed by atoms with Crippen molar-refractivity contribution in [1.82, 2.24) is 15.0 Å². The molecule has 2 fully saturated rings. The Labute approximate surface area is 193 Å². The largest absolute Gasteiger partial charge is 0.381 e. The van der Waals surface area contributed by atoms with E-state index in [1.165, 1.54) is 73.8 Å². The molecule has 4 heteroatoms. The van der Waals surface area contributed by atoms with Gasteiger partial charge in [0.25, 0.3) is 0 Å². The summed E-state index contributed by atoms with van der Waals surface area (Å²) in [5.41, 5.74) is 5.18. The molecule has 1 saturated heterocycles. The van der Waals surface area contributed by atoms with Gasteiger partial charge in [0, 0.05) is 29.1 Å². The number of aromatic amines is 1. The molecular weight excluding hydrogens is 394 g/mol. The lowest BCUT2D eigenvalue weighted by Gasteiger charge is -2.39. The van der Waals surface area contributed by atoms with E-state index in [2.05, 4.69) is 68.7 Å². The second kappa shape index (κ2) is 7.90. The fraction of sp³-hybridized carbons (Fsp3) is 0.679. The van der Waals surface area contributed by atoms with E-state index in [-0.39, 0.29) is 5.41 Å². The number of H-pyrrole nitrogens is 1. The highest BCUT2D eigenvalue weighted by atomic mass is 16.5. The maximum Gasteiger partial charge on any atom is 0.168 e. The smallest absolute Gasteiger partial charge is 0.168 e. The van der Waals surface area contributed by atoms with Crippen LogP contribution in [0.5, 0.6) is 0 Å². The minimum absolute atomic E-state index is 0.00542. The van der Waals surface area contributed by atoms with Crippen molar-refractivity contribution < 1.29 is 4.52 Å². The van der Waals surface area contributed by atoms with E-state index in [1.807, 2.05) is 6.20 Å². The van der Waals surface area contributed by atoms with Crippen LogP contribution in [0.15, 0.2) is 22.9 Å². The molecule has 0 bridgehead atoms. The number of aromatic nitrogens is 2. The molecule has 1 aliphatic heterocycles. The summed E-state index contributed by atoms with van der Waals surface area (Å²) in [6.07, 6.45) is 8.51. The first-order valence-corrected chi connectivity index (χ1v) is 12.7. The van der Waals surface area contributed by atoms with E-state index in [9.17, 15) is 0 Å². The van der Waals surface area contributed by atoms with Gasteiger partial charge in [0.15, 0.2) is 5.58 Å². The number of hydrogen-bond donors (Lipinski definition) is 1. The molecule has 1 aromatic carbocycles. The average Bonchev–Trinajstić information content (AvgIpc) is 3.45. The Hall–Kier alpha value is -1.81. The third-order valence-corrected chi connectivity index (χ3v) is 8.35. The Morgan fingerprint density at radius 3 is 2.50 bits per heavy atom. The molecule has 32 heavy (non-hydrogen) atoms. The maximum absolute atomic E-state index is 6.16. The Morgan fingerprint density at radius 2 is 1.81 bits per heavy atom. The van der Waals surface area contributed by atoms with Gasteiger partial charge < -0.3 is 9.42 Å². The highest BCUT2D eigenvalue weighted by Crippen LogP contribution is 2.45. The lowest BCUT2D eigenvalue weighted by molar-refractivity contribution is 0.101. The number of benzene rings is 1. The molecule has 5 rings (SSSR count). The third kappa shape index (κ3) is 4.00. The van der Waals surface area contributed by atoms with E-state index < -0.39 is 0 Å². The molecule has 3 aromatic rings. The van der Waals surface area contributed by atoms with Gasteiger partial charge in [-0.05, 0) is 80.5 Å². The summed E-state index contributed by atoms with van der Waals surface area (Å²) in [6, 6.07) is 4.45. The van der Waals surface area contributed by atoms with Crippen molar-refractivity contribution in [2.24, 2.45) is 17.3 Å². The molecule has 2 atom stereocenters. The van der Waals surface area contributed by atoms with Crippen LogP contribution < -0.4 is 0 Å². The van der Waals surface area contributed by atoms with Crippen LogP contribution in [0.4, 0.5) is 0 Å². The number of nitrogens with one attached hydrogen (secondary N) is 1. The second-order valence-electron chi connectivity index (χ2n) is 12.7. The lowest BCUT2D eigenvalue weighted by atomic mass is 9.75. The summed E-state index contributed by atoms with van der Waals surface area (Å²) < 4.78 is 6.16. The van der Waals surface area contributed by atoms with Crippen molar-refractivity contribution in [2.75, 3.05) is 19.6 Å². The van der Waals surface area contributed by atoms with Crippen LogP contribution in [-0.2, 0) is 5.41 Å². The molecule has 1 N–H and O–H groups in total. The number of rotatable bonds is 3. The van der Waals surface area contributed by atoms with E-state index in [1.54, 1.807) is 0 Å². The van der Waals surface area contributed by atoms with Gasteiger partial charge in [-0.2, -0.15) is 0 Å². The molecule has 0 radical (unpaired) electrons. The summed E-state index contributed by atoms with van der Waals surface area (Å²) in [6.45, 7) is 17.8. The molecular formula is C28H41N3O. The number of nitrogens with zero attached hydrogens (tertiary/aromatic N) is 2. The van der Waals surface area contributed by atoms with Crippen LogP contribution in [-0.4, -0.2) is 34.7 Å². The highest BCUT2D eigenvalue weighted by molar-refractivity contribution is 6.07. The molecule has 1 unspecified atom stereocenters. The van der Waals surface area contributed by atoms with Crippen LogP contribution >= 0.6 is 0 Å². The molecule has 0 spiro atoms. The van der Waals surface area contributed by atoms with Gasteiger partial charge in [0.1, 0.15) is 0 Å². The van der Waals surface area contributed by atoms with E-state index >= 15 is 0 Å². The normalized spacial score (nSPS) is 24.2. The topological polar surface area (TPSA) is 45.1 Å². The maximum atomic E-state index is 6.16. The van der Waals surface area contributed by atoms with E-state index in [0.29, 0.717) is 11.3 Å². The molecule has 1 saturated carbocycles. The summed E-state index contributed by atoms with van der Waals surface area (Å²) in [5.74, 6) is 2.24. The van der Waals surface area contributed by atoms with Crippen LogP contribution in [0.25, 0.3) is 21.9 Å². The van der Waals surface area contributed by atoms with Gasteiger partial charge in [-0.1, -0.05) is 41.5 Å². The van der Waals surface area contributed by atoms with Gasteiger partial charge in [0.2, 0.25) is 0 Å². The summed E-state index contributed by atoms with van der Waals surface area (Å²) in [5, 5.41) is 5.74. The van der Waals surface area contributed by atoms with Gasteiger partial charge >= 0.3 is 0 Å². The summed E-state index contributed by atoms with van der Waals surface area (Å²) in [4.78, 5) is 7.42. The molecule has 2 aromatic heterocycles. The van der Waals surface area contributed by atoms with Crippen molar-refractivity contribution in [3.05, 3.63) is 29.6 Å². The minimum atomic E-state index is 0.00542. The first-order valence-electron chi connectivity index (χ1n) is 12.7. The average molecular weight is 436 g/mol. The van der Waals surface area contributed by atoms with Crippen LogP contribution in [0, 0.1) is 17.3 Å². The Kier molecular flexibility index (Phi) is 5.43. The quantitative estimate of drug-likeness (QED) is 0.471. The van der Waals surface area contributed by atoms with Gasteiger partial charge in [-0.15, -0.1) is 0 Å². The Balaban J connectivity index is 1.34. The predicted octanol–water partition coefficient (Wildman–Crippen LogP) is 7.25. The minimum Gasteiger partial charge on any atom is -0.381 e. The summed E-state index contributed by atoms with van der Waals surface area (Å²) >= 11 is 0. The first kappa shape index (κ1) is 22.0. The first-order chi connectivity index (χ1) is 15.1. The fourth-order valence-corrected chi connectivity index (χ4v) is 6.37. The Morgan fingerprint density at radius 1 is 1.06 bits per heavy atom.